The number of halogens is 2. The molecule has 0 aromatic heterocycles. The minimum absolute atomic E-state index is 0.810. The highest BCUT2D eigenvalue weighted by molar-refractivity contribution is 9.11. The second kappa shape index (κ2) is 9.77. The minimum Gasteiger partial charge on any atom is -0.495 e. The first kappa shape index (κ1) is 18.0. The van der Waals surface area contributed by atoms with Gasteiger partial charge in [-0.15, -0.1) is 0 Å². The Morgan fingerprint density at radius 1 is 1.20 bits per heavy atom. The maximum atomic E-state index is 5.45. The maximum absolute atomic E-state index is 5.45. The Balaban J connectivity index is 2.49. The van der Waals surface area contributed by atoms with Gasteiger partial charge in [0.2, 0.25) is 0 Å². The molecule has 0 saturated carbocycles. The van der Waals surface area contributed by atoms with Gasteiger partial charge in [-0.1, -0.05) is 29.8 Å². The summed E-state index contributed by atoms with van der Waals surface area (Å²) in [5.74, 6) is 0.904. The summed E-state index contributed by atoms with van der Waals surface area (Å²) in [7, 11) is 1.71. The van der Waals surface area contributed by atoms with Gasteiger partial charge in [0.15, 0.2) is 0 Å². The van der Waals surface area contributed by atoms with Crippen LogP contribution < -0.4 is 10.1 Å². The molecule has 1 aromatic rings. The largest absolute Gasteiger partial charge is 0.495 e. The molecule has 0 aliphatic carbocycles. The lowest BCUT2D eigenvalue weighted by Crippen LogP contribution is -2.32. The number of methoxy groups -OCH3 is 1. The van der Waals surface area contributed by atoms with E-state index in [0.29, 0.717) is 0 Å². The molecule has 0 spiro atoms. The Bertz CT molecular complexity index is 413. The van der Waals surface area contributed by atoms with Crippen molar-refractivity contribution in [2.45, 2.75) is 26.8 Å². The van der Waals surface area contributed by atoms with Gasteiger partial charge in [-0.05, 0) is 47.6 Å². The van der Waals surface area contributed by atoms with Crippen molar-refractivity contribution in [1.82, 2.24) is 10.2 Å². The molecule has 0 aliphatic heterocycles. The van der Waals surface area contributed by atoms with Crippen molar-refractivity contribution in [2.75, 3.05) is 33.3 Å². The molecule has 1 aromatic carbocycles. The lowest BCUT2D eigenvalue weighted by molar-refractivity contribution is 0.287. The van der Waals surface area contributed by atoms with E-state index >= 15 is 0 Å². The fourth-order valence-corrected chi connectivity index (χ4v) is 3.65. The fourth-order valence-electron chi connectivity index (χ4n) is 2.18. The zero-order valence-corrected chi connectivity index (χ0v) is 15.7. The van der Waals surface area contributed by atoms with Gasteiger partial charge >= 0.3 is 0 Å². The van der Waals surface area contributed by atoms with E-state index in [4.69, 9.17) is 4.74 Å². The maximum Gasteiger partial charge on any atom is 0.137 e. The standard InChI is InChI=1S/C15H24Br2N2O/c1-4-7-19(5-2)8-6-18-11-12-9-13(16)10-14(17)15(12)20-3/h9-10,18H,4-8,11H2,1-3H3. The Hall–Kier alpha value is -0.100. The van der Waals surface area contributed by atoms with Crippen LogP contribution in [0.25, 0.3) is 0 Å². The van der Waals surface area contributed by atoms with Crippen LogP contribution in [0.15, 0.2) is 21.1 Å². The van der Waals surface area contributed by atoms with E-state index in [1.165, 1.54) is 13.0 Å². The predicted octanol–water partition coefficient (Wildman–Crippen LogP) is 4.04. The summed E-state index contributed by atoms with van der Waals surface area (Å²) in [6, 6.07) is 4.10. The van der Waals surface area contributed by atoms with E-state index in [-0.39, 0.29) is 0 Å². The number of benzene rings is 1. The summed E-state index contributed by atoms with van der Waals surface area (Å²) < 4.78 is 7.49. The van der Waals surface area contributed by atoms with Crippen LogP contribution in [0.3, 0.4) is 0 Å². The molecule has 0 unspecified atom stereocenters. The Kier molecular flexibility index (Phi) is 8.77. The molecule has 0 atom stereocenters. The number of likely N-dealkylation sites (N-methyl/N-ethyl adjacent to an activating group) is 1. The zero-order chi connectivity index (χ0) is 15.0. The van der Waals surface area contributed by atoms with Gasteiger partial charge in [-0.3, -0.25) is 0 Å². The van der Waals surface area contributed by atoms with Crippen LogP contribution in [0, 0.1) is 0 Å². The number of nitrogens with one attached hydrogen (secondary N) is 1. The summed E-state index contributed by atoms with van der Waals surface area (Å²) >= 11 is 7.05. The van der Waals surface area contributed by atoms with Crippen molar-refractivity contribution < 1.29 is 4.74 Å². The molecule has 0 saturated heterocycles. The highest BCUT2D eigenvalue weighted by atomic mass is 79.9. The first-order valence-corrected chi connectivity index (χ1v) is 8.65. The molecule has 114 valence electrons. The van der Waals surface area contributed by atoms with Crippen LogP contribution in [0.1, 0.15) is 25.8 Å². The molecule has 1 rings (SSSR count). The number of hydrogen-bond donors (Lipinski definition) is 1. The van der Waals surface area contributed by atoms with Gasteiger partial charge in [-0.2, -0.15) is 0 Å². The van der Waals surface area contributed by atoms with Crippen molar-refractivity contribution in [3.05, 3.63) is 26.6 Å². The molecule has 20 heavy (non-hydrogen) atoms. The topological polar surface area (TPSA) is 24.5 Å². The summed E-state index contributed by atoms with van der Waals surface area (Å²) in [6.07, 6.45) is 1.21. The second-order valence-corrected chi connectivity index (χ2v) is 6.46. The first-order chi connectivity index (χ1) is 9.62. The van der Waals surface area contributed by atoms with E-state index in [2.05, 4.69) is 62.0 Å². The van der Waals surface area contributed by atoms with E-state index in [1.54, 1.807) is 7.11 Å². The molecule has 0 fully saturated rings. The molecule has 0 aliphatic rings. The Labute approximate surface area is 139 Å². The molecular formula is C15H24Br2N2O. The van der Waals surface area contributed by atoms with Crippen molar-refractivity contribution in [3.63, 3.8) is 0 Å². The summed E-state index contributed by atoms with van der Waals surface area (Å²) in [5, 5.41) is 3.49. The van der Waals surface area contributed by atoms with Crippen LogP contribution in [-0.2, 0) is 6.54 Å². The van der Waals surface area contributed by atoms with Crippen LogP contribution in [0.5, 0.6) is 5.75 Å². The normalized spacial score (nSPS) is 11.1. The van der Waals surface area contributed by atoms with Crippen LogP contribution in [0.2, 0.25) is 0 Å². The van der Waals surface area contributed by atoms with E-state index in [0.717, 1.165) is 46.4 Å². The summed E-state index contributed by atoms with van der Waals surface area (Å²) in [6.45, 7) is 9.60. The van der Waals surface area contributed by atoms with E-state index in [1.807, 2.05) is 6.07 Å². The third kappa shape index (κ3) is 5.72. The predicted molar refractivity (Wildman–Crippen MR) is 92.5 cm³/mol. The number of ether oxygens (including phenoxy) is 1. The molecule has 5 heteroatoms. The average Bonchev–Trinajstić information content (AvgIpc) is 2.41. The van der Waals surface area contributed by atoms with Gasteiger partial charge in [0.1, 0.15) is 5.75 Å². The fraction of sp³-hybridized carbons (Fsp3) is 0.600. The summed E-state index contributed by atoms with van der Waals surface area (Å²) in [5.41, 5.74) is 1.16. The molecule has 0 heterocycles. The smallest absolute Gasteiger partial charge is 0.137 e. The van der Waals surface area contributed by atoms with Crippen molar-refractivity contribution in [3.8, 4) is 5.75 Å². The number of rotatable bonds is 9. The van der Waals surface area contributed by atoms with E-state index < -0.39 is 0 Å². The average molecular weight is 408 g/mol. The SMILES string of the molecule is CCCN(CC)CCNCc1cc(Br)cc(Br)c1OC. The van der Waals surface area contributed by atoms with Gasteiger partial charge in [0.05, 0.1) is 11.6 Å². The highest BCUT2D eigenvalue weighted by Crippen LogP contribution is 2.32. The molecule has 0 amide bonds. The minimum atomic E-state index is 0.810. The number of hydrogen-bond acceptors (Lipinski definition) is 3. The molecule has 0 radical (unpaired) electrons. The lowest BCUT2D eigenvalue weighted by Gasteiger charge is -2.20. The molecule has 1 N–H and O–H groups in total. The molecular weight excluding hydrogens is 384 g/mol. The Morgan fingerprint density at radius 2 is 1.95 bits per heavy atom. The second-order valence-electron chi connectivity index (χ2n) is 4.69. The summed E-state index contributed by atoms with van der Waals surface area (Å²) in [4.78, 5) is 2.46. The molecule has 0 bridgehead atoms. The highest BCUT2D eigenvalue weighted by Gasteiger charge is 2.09. The van der Waals surface area contributed by atoms with Gasteiger partial charge < -0.3 is 15.0 Å². The Morgan fingerprint density at radius 3 is 2.55 bits per heavy atom. The number of nitrogens with zero attached hydrogens (tertiary/aromatic N) is 1. The third-order valence-corrected chi connectivity index (χ3v) is 4.24. The van der Waals surface area contributed by atoms with Gasteiger partial charge in [0, 0.05) is 29.7 Å². The lowest BCUT2D eigenvalue weighted by atomic mass is 10.2. The van der Waals surface area contributed by atoms with Crippen LogP contribution >= 0.6 is 31.9 Å². The third-order valence-electron chi connectivity index (χ3n) is 3.20. The zero-order valence-electron chi connectivity index (χ0n) is 12.5. The van der Waals surface area contributed by atoms with Crippen molar-refractivity contribution in [2.24, 2.45) is 0 Å². The monoisotopic (exact) mass is 406 g/mol. The quantitative estimate of drug-likeness (QED) is 0.625. The van der Waals surface area contributed by atoms with Gasteiger partial charge in [0.25, 0.3) is 0 Å². The first-order valence-electron chi connectivity index (χ1n) is 7.07. The van der Waals surface area contributed by atoms with Gasteiger partial charge in [-0.25, -0.2) is 0 Å². The van der Waals surface area contributed by atoms with Crippen LogP contribution in [0.4, 0.5) is 0 Å². The van der Waals surface area contributed by atoms with Crippen molar-refractivity contribution in [1.29, 1.82) is 0 Å². The van der Waals surface area contributed by atoms with Crippen LogP contribution in [-0.4, -0.2) is 38.2 Å². The van der Waals surface area contributed by atoms with Crippen molar-refractivity contribution >= 4 is 31.9 Å². The molecule has 3 nitrogen and oxygen atoms in total. The van der Waals surface area contributed by atoms with E-state index in [9.17, 15) is 0 Å².